The largest absolute Gasteiger partial charge is 0.506 e. The highest BCUT2D eigenvalue weighted by molar-refractivity contribution is 5.89. The first-order valence-corrected chi connectivity index (χ1v) is 12.2. The number of aromatic hydroxyl groups is 1. The van der Waals surface area contributed by atoms with E-state index in [1.54, 1.807) is 12.1 Å². The minimum atomic E-state index is -1.26. The molecule has 37 heavy (non-hydrogen) atoms. The summed E-state index contributed by atoms with van der Waals surface area (Å²) in [6.07, 6.45) is 4.45. The fraction of sp³-hybridized carbons (Fsp3) is 0.321. The third-order valence-corrected chi connectivity index (χ3v) is 6.45. The predicted octanol–water partition coefficient (Wildman–Crippen LogP) is 2.86. The third kappa shape index (κ3) is 7.05. The van der Waals surface area contributed by atoms with Gasteiger partial charge in [0.25, 0.3) is 0 Å². The molecule has 0 unspecified atom stereocenters. The summed E-state index contributed by atoms with van der Waals surface area (Å²) in [5.74, 6) is -2.51. The van der Waals surface area contributed by atoms with Crippen LogP contribution in [-0.2, 0) is 35.3 Å². The molecule has 1 heterocycles. The van der Waals surface area contributed by atoms with Crippen LogP contribution in [0.3, 0.4) is 0 Å². The van der Waals surface area contributed by atoms with Gasteiger partial charge in [-0.05, 0) is 65.6 Å². The molecule has 4 rings (SSSR count). The van der Waals surface area contributed by atoms with Crippen LogP contribution in [0.1, 0.15) is 47.8 Å². The Bertz CT molecular complexity index is 1330. The second kappa shape index (κ2) is 12.3. The second-order valence-electron chi connectivity index (χ2n) is 8.92. The van der Waals surface area contributed by atoms with Crippen molar-refractivity contribution in [3.8, 4) is 5.75 Å². The van der Waals surface area contributed by atoms with Crippen LogP contribution in [0.5, 0.6) is 5.75 Å². The molecule has 0 spiro atoms. The van der Waals surface area contributed by atoms with Gasteiger partial charge in [-0.15, -0.1) is 0 Å². The lowest BCUT2D eigenvalue weighted by atomic mass is 9.97. The van der Waals surface area contributed by atoms with E-state index in [9.17, 15) is 24.6 Å². The number of phenolic OH excluding ortho intramolecular Hbond substituents is 1. The summed E-state index contributed by atoms with van der Waals surface area (Å²) in [5.41, 5.74) is 6.49. The normalized spacial score (nSPS) is 13.8. The molecule has 2 aromatic carbocycles. The molecule has 9 nitrogen and oxygen atoms in total. The number of aromatic nitrogens is 1. The number of carbonyl (C=O) groups is 2. The summed E-state index contributed by atoms with van der Waals surface area (Å²) in [6.45, 7) is 4.83. The van der Waals surface area contributed by atoms with Crippen LogP contribution in [0.25, 0.3) is 10.9 Å². The lowest BCUT2D eigenvalue weighted by molar-refractivity contribution is -0.134. The number of benzene rings is 2. The molecule has 0 bridgehead atoms. The summed E-state index contributed by atoms with van der Waals surface area (Å²) in [7, 11) is 0. The molecule has 1 aliphatic carbocycles. The van der Waals surface area contributed by atoms with Gasteiger partial charge >= 0.3 is 11.9 Å². The Balaban J connectivity index is 0.000000414. The number of hydrogen-bond donors (Lipinski definition) is 6. The highest BCUT2D eigenvalue weighted by Crippen LogP contribution is 2.30. The van der Waals surface area contributed by atoms with Crippen LogP contribution in [-0.4, -0.2) is 49.9 Å². The zero-order chi connectivity index (χ0) is 27.1. The molecule has 1 aromatic heterocycles. The smallest absolute Gasteiger partial charge is 0.328 e. The number of aryl methyl sites for hydroxylation is 2. The maximum atomic E-state index is 11.6. The van der Waals surface area contributed by atoms with E-state index in [1.807, 2.05) is 0 Å². The quantitative estimate of drug-likeness (QED) is 0.253. The molecular weight excluding hydrogens is 476 g/mol. The molecule has 0 saturated heterocycles. The number of aromatic amines is 1. The van der Waals surface area contributed by atoms with Gasteiger partial charge in [-0.2, -0.15) is 0 Å². The molecule has 0 amide bonds. The van der Waals surface area contributed by atoms with Gasteiger partial charge < -0.3 is 30.7 Å². The van der Waals surface area contributed by atoms with Crippen molar-refractivity contribution < 1.29 is 30.0 Å². The van der Waals surface area contributed by atoms with Crippen molar-refractivity contribution in [3.63, 3.8) is 0 Å². The fourth-order valence-corrected chi connectivity index (χ4v) is 4.66. The SMILES string of the molecule is CCc1cc2c(cc1CC)CC(NC[C@@H](O)c1ccc(O)c3[nH]c(=O)ccc13)C2.O=C(O)/C=C\C(=O)O. The van der Waals surface area contributed by atoms with Crippen molar-refractivity contribution in [1.82, 2.24) is 10.3 Å². The number of aliphatic hydroxyl groups excluding tert-OH is 1. The van der Waals surface area contributed by atoms with Crippen LogP contribution in [0.2, 0.25) is 0 Å². The number of fused-ring (bicyclic) bond motifs is 2. The number of H-pyrrole nitrogens is 1. The average Bonchev–Trinajstić information content (AvgIpc) is 3.27. The Labute approximate surface area is 214 Å². The van der Waals surface area contributed by atoms with Gasteiger partial charge in [0, 0.05) is 36.2 Å². The lowest BCUT2D eigenvalue weighted by Gasteiger charge is -2.18. The molecule has 0 fully saturated rings. The van der Waals surface area contributed by atoms with Crippen molar-refractivity contribution in [2.24, 2.45) is 0 Å². The van der Waals surface area contributed by atoms with Crippen molar-refractivity contribution in [2.75, 3.05) is 6.54 Å². The molecule has 1 atom stereocenters. The maximum absolute atomic E-state index is 11.6. The van der Waals surface area contributed by atoms with Crippen LogP contribution < -0.4 is 10.9 Å². The van der Waals surface area contributed by atoms with Crippen LogP contribution in [0.4, 0.5) is 0 Å². The molecule has 0 saturated carbocycles. The zero-order valence-electron chi connectivity index (χ0n) is 20.8. The minimum absolute atomic E-state index is 0.00584. The van der Waals surface area contributed by atoms with E-state index in [-0.39, 0.29) is 11.3 Å². The number of carboxylic acids is 2. The Morgan fingerprint density at radius 2 is 1.57 bits per heavy atom. The van der Waals surface area contributed by atoms with E-state index in [0.29, 0.717) is 41.2 Å². The fourth-order valence-electron chi connectivity index (χ4n) is 4.66. The first kappa shape index (κ1) is 27.6. The van der Waals surface area contributed by atoms with Crippen molar-refractivity contribution >= 4 is 22.8 Å². The van der Waals surface area contributed by atoms with Crippen molar-refractivity contribution in [3.05, 3.63) is 86.7 Å². The minimum Gasteiger partial charge on any atom is -0.506 e. The predicted molar refractivity (Wildman–Crippen MR) is 140 cm³/mol. The summed E-state index contributed by atoms with van der Waals surface area (Å²) >= 11 is 0. The van der Waals surface area contributed by atoms with Gasteiger partial charge in [-0.1, -0.05) is 32.0 Å². The number of phenols is 1. The topological polar surface area (TPSA) is 160 Å². The molecule has 196 valence electrons. The van der Waals surface area contributed by atoms with Crippen molar-refractivity contribution in [1.29, 1.82) is 0 Å². The lowest BCUT2D eigenvalue weighted by Crippen LogP contribution is -2.33. The van der Waals surface area contributed by atoms with Crippen molar-refractivity contribution in [2.45, 2.75) is 51.7 Å². The Hall–Kier alpha value is -3.95. The molecular formula is C28H32N2O7. The van der Waals surface area contributed by atoms with Crippen LogP contribution in [0, 0.1) is 0 Å². The van der Waals surface area contributed by atoms with Crippen LogP contribution in [0.15, 0.2) is 53.3 Å². The average molecular weight is 509 g/mol. The number of carboxylic acid groups (broad SMARTS) is 2. The highest BCUT2D eigenvalue weighted by Gasteiger charge is 2.24. The number of aliphatic hydroxyl groups is 1. The summed E-state index contributed by atoms with van der Waals surface area (Å²) in [4.78, 5) is 33.3. The third-order valence-electron chi connectivity index (χ3n) is 6.45. The first-order valence-electron chi connectivity index (χ1n) is 12.2. The Morgan fingerprint density at radius 1 is 1.00 bits per heavy atom. The molecule has 1 aliphatic rings. The number of nitrogens with one attached hydrogen (secondary N) is 2. The number of hydrogen-bond acceptors (Lipinski definition) is 6. The van der Waals surface area contributed by atoms with E-state index >= 15 is 0 Å². The number of rotatable bonds is 8. The first-order chi connectivity index (χ1) is 17.6. The monoisotopic (exact) mass is 508 g/mol. The molecule has 0 aliphatic heterocycles. The summed E-state index contributed by atoms with van der Waals surface area (Å²) < 4.78 is 0. The van der Waals surface area contributed by atoms with E-state index in [0.717, 1.165) is 25.7 Å². The van der Waals surface area contributed by atoms with E-state index in [2.05, 4.69) is 36.3 Å². The van der Waals surface area contributed by atoms with Gasteiger partial charge in [-0.25, -0.2) is 9.59 Å². The maximum Gasteiger partial charge on any atom is 0.328 e. The van der Waals surface area contributed by atoms with Gasteiger partial charge in [0.05, 0.1) is 11.6 Å². The standard InChI is InChI=1S/C24H28N2O3.C4H4O4/c1-3-14-9-16-11-18(12-17(16)10-15(14)4-2)25-13-22(28)19-5-7-21(27)24-20(19)6-8-23(29)26-24;5-3(6)1-2-4(7)8/h5-10,18,22,25,27-28H,3-4,11-13H2,1-2H3,(H,26,29);1-2H,(H,5,6)(H,7,8)/b;2-1-/t22-;/m1./s1. The Morgan fingerprint density at radius 3 is 2.08 bits per heavy atom. The summed E-state index contributed by atoms with van der Waals surface area (Å²) in [5, 5.41) is 40.6. The highest BCUT2D eigenvalue weighted by atomic mass is 16.4. The van der Waals surface area contributed by atoms with Gasteiger partial charge in [0.2, 0.25) is 5.56 Å². The second-order valence-corrected chi connectivity index (χ2v) is 8.92. The summed E-state index contributed by atoms with van der Waals surface area (Å²) in [6, 6.07) is 11.3. The van der Waals surface area contributed by atoms with E-state index < -0.39 is 18.0 Å². The zero-order valence-corrected chi connectivity index (χ0v) is 20.8. The molecule has 6 N–H and O–H groups in total. The van der Waals surface area contributed by atoms with E-state index in [4.69, 9.17) is 10.2 Å². The van der Waals surface area contributed by atoms with E-state index in [1.165, 1.54) is 34.4 Å². The number of pyridine rings is 1. The van der Waals surface area contributed by atoms with Gasteiger partial charge in [0.1, 0.15) is 5.75 Å². The molecule has 3 aromatic rings. The number of aliphatic carboxylic acids is 2. The molecule has 0 radical (unpaired) electrons. The van der Waals surface area contributed by atoms with Gasteiger partial charge in [0.15, 0.2) is 0 Å². The molecule has 9 heteroatoms. The van der Waals surface area contributed by atoms with Gasteiger partial charge in [-0.3, -0.25) is 4.79 Å². The van der Waals surface area contributed by atoms with Crippen LogP contribution >= 0.6 is 0 Å². The Kier molecular flexibility index (Phi) is 9.21.